The molecule has 0 aromatic heterocycles. The highest BCUT2D eigenvalue weighted by Gasteiger charge is 2.23. The average Bonchev–Trinajstić information content (AvgIpc) is 2.89. The summed E-state index contributed by atoms with van der Waals surface area (Å²) in [7, 11) is 2.52. The fourth-order valence-electron chi connectivity index (χ4n) is 3.23. The van der Waals surface area contributed by atoms with Gasteiger partial charge in [-0.25, -0.2) is 4.79 Å². The largest absolute Gasteiger partial charge is 0.469 e. The van der Waals surface area contributed by atoms with E-state index in [-0.39, 0.29) is 31.3 Å². The van der Waals surface area contributed by atoms with Crippen LogP contribution < -0.4 is 9.47 Å². The van der Waals surface area contributed by atoms with E-state index in [4.69, 9.17) is 28.4 Å². The van der Waals surface area contributed by atoms with E-state index < -0.39 is 11.9 Å². The van der Waals surface area contributed by atoms with Crippen molar-refractivity contribution < 1.29 is 38.0 Å². The second-order valence-electron chi connectivity index (χ2n) is 7.39. The van der Waals surface area contributed by atoms with Gasteiger partial charge < -0.3 is 28.4 Å². The van der Waals surface area contributed by atoms with Crippen LogP contribution in [0.1, 0.15) is 27.0 Å². The molecule has 3 aromatic rings. The minimum absolute atomic E-state index is 0.0475. The predicted molar refractivity (Wildman–Crippen MR) is 127 cm³/mol. The Morgan fingerprint density at radius 1 is 0.714 bits per heavy atom. The van der Waals surface area contributed by atoms with E-state index in [0.717, 1.165) is 11.1 Å². The van der Waals surface area contributed by atoms with Crippen LogP contribution in [0.15, 0.2) is 72.8 Å². The molecule has 0 aliphatic rings. The maximum atomic E-state index is 12.5. The molecular weight excluding hydrogens is 452 g/mol. The Kier molecular flexibility index (Phi) is 10.1. The summed E-state index contributed by atoms with van der Waals surface area (Å²) in [6.45, 7) is 0.512. The van der Waals surface area contributed by atoms with Crippen molar-refractivity contribution in [3.8, 4) is 11.5 Å². The molecule has 0 N–H and O–H groups in total. The van der Waals surface area contributed by atoms with Crippen molar-refractivity contribution in [2.75, 3.05) is 27.8 Å². The smallest absolute Gasteiger partial charge is 0.341 e. The number of rotatable bonds is 13. The number of esters is 2. The molecule has 0 aliphatic carbocycles. The Labute approximate surface area is 204 Å². The highest BCUT2D eigenvalue weighted by molar-refractivity contribution is 5.95. The van der Waals surface area contributed by atoms with Gasteiger partial charge in [0.15, 0.2) is 13.6 Å². The molecule has 3 rings (SSSR count). The van der Waals surface area contributed by atoms with E-state index in [0.29, 0.717) is 24.5 Å². The van der Waals surface area contributed by atoms with Crippen LogP contribution in [0.2, 0.25) is 0 Å². The molecule has 0 amide bonds. The number of carbonyl (C=O) groups is 2. The highest BCUT2D eigenvalue weighted by atomic mass is 16.7. The van der Waals surface area contributed by atoms with Gasteiger partial charge in [-0.1, -0.05) is 60.7 Å². The first-order chi connectivity index (χ1) is 17.1. The van der Waals surface area contributed by atoms with Gasteiger partial charge in [0.05, 0.1) is 33.9 Å². The Morgan fingerprint density at radius 2 is 1.29 bits per heavy atom. The van der Waals surface area contributed by atoms with Crippen molar-refractivity contribution >= 4 is 11.9 Å². The number of methoxy groups -OCH3 is 2. The van der Waals surface area contributed by atoms with Crippen LogP contribution in [-0.4, -0.2) is 39.7 Å². The van der Waals surface area contributed by atoms with Crippen molar-refractivity contribution in [3.63, 3.8) is 0 Å². The molecule has 3 aromatic carbocycles. The lowest BCUT2D eigenvalue weighted by Crippen LogP contribution is -2.15. The summed E-state index contributed by atoms with van der Waals surface area (Å²) in [4.78, 5) is 24.5. The second kappa shape index (κ2) is 13.7. The third-order valence-electron chi connectivity index (χ3n) is 4.94. The molecule has 0 aliphatic heterocycles. The second-order valence-corrected chi connectivity index (χ2v) is 7.39. The van der Waals surface area contributed by atoms with Crippen LogP contribution in [-0.2, 0) is 43.4 Å². The van der Waals surface area contributed by atoms with Crippen LogP contribution in [0, 0.1) is 0 Å². The summed E-state index contributed by atoms with van der Waals surface area (Å²) in [5.41, 5.74) is 2.41. The van der Waals surface area contributed by atoms with E-state index in [1.807, 2.05) is 60.7 Å². The number of benzene rings is 3. The Balaban J connectivity index is 1.73. The Bertz CT molecular complexity index is 1080. The molecule has 0 heterocycles. The van der Waals surface area contributed by atoms with Gasteiger partial charge in [0.2, 0.25) is 0 Å². The topological polar surface area (TPSA) is 89.5 Å². The molecule has 0 bridgehead atoms. The van der Waals surface area contributed by atoms with Crippen LogP contribution >= 0.6 is 0 Å². The van der Waals surface area contributed by atoms with Gasteiger partial charge in [-0.3, -0.25) is 4.79 Å². The first-order valence-corrected chi connectivity index (χ1v) is 10.9. The predicted octanol–water partition coefficient (Wildman–Crippen LogP) is 4.29. The Morgan fingerprint density at radius 3 is 1.83 bits per heavy atom. The number of hydrogen-bond acceptors (Lipinski definition) is 8. The van der Waals surface area contributed by atoms with Crippen LogP contribution in [0.25, 0.3) is 0 Å². The lowest BCUT2D eigenvalue weighted by atomic mass is 10.0. The third-order valence-corrected chi connectivity index (χ3v) is 4.94. The molecule has 8 heteroatoms. The summed E-state index contributed by atoms with van der Waals surface area (Å²) < 4.78 is 32.3. The van der Waals surface area contributed by atoms with Gasteiger partial charge in [-0.2, -0.15) is 0 Å². The summed E-state index contributed by atoms with van der Waals surface area (Å²) in [6, 6.07) is 22.4. The van der Waals surface area contributed by atoms with E-state index >= 15 is 0 Å². The van der Waals surface area contributed by atoms with Crippen molar-refractivity contribution in [1.82, 2.24) is 0 Å². The number of carbonyl (C=O) groups excluding carboxylic acids is 2. The summed E-state index contributed by atoms with van der Waals surface area (Å²) in [5, 5.41) is 0. The zero-order chi connectivity index (χ0) is 24.9. The zero-order valence-electron chi connectivity index (χ0n) is 19.7. The van der Waals surface area contributed by atoms with Gasteiger partial charge in [-0.05, 0) is 22.8 Å². The average molecular weight is 481 g/mol. The molecule has 0 radical (unpaired) electrons. The van der Waals surface area contributed by atoms with E-state index in [1.54, 1.807) is 6.07 Å². The lowest BCUT2D eigenvalue weighted by Gasteiger charge is -2.17. The molecule has 0 spiro atoms. The monoisotopic (exact) mass is 480 g/mol. The minimum atomic E-state index is -0.658. The van der Waals surface area contributed by atoms with Crippen LogP contribution in [0.4, 0.5) is 0 Å². The van der Waals surface area contributed by atoms with Crippen molar-refractivity contribution in [3.05, 3.63) is 95.1 Å². The van der Waals surface area contributed by atoms with E-state index in [1.165, 1.54) is 20.3 Å². The van der Waals surface area contributed by atoms with Gasteiger partial charge in [0.25, 0.3) is 0 Å². The van der Waals surface area contributed by atoms with Crippen molar-refractivity contribution in [2.24, 2.45) is 0 Å². The van der Waals surface area contributed by atoms with Crippen molar-refractivity contribution in [2.45, 2.75) is 19.6 Å². The van der Waals surface area contributed by atoms with Gasteiger partial charge in [-0.15, -0.1) is 0 Å². The van der Waals surface area contributed by atoms with Crippen molar-refractivity contribution in [1.29, 1.82) is 0 Å². The van der Waals surface area contributed by atoms with Gasteiger partial charge in [0, 0.05) is 6.07 Å². The molecule has 8 nitrogen and oxygen atoms in total. The molecular formula is C27H28O8. The molecule has 0 saturated heterocycles. The molecule has 0 saturated carbocycles. The highest BCUT2D eigenvalue weighted by Crippen LogP contribution is 2.31. The fraction of sp³-hybridized carbons (Fsp3) is 0.259. The maximum absolute atomic E-state index is 12.5. The summed E-state index contributed by atoms with van der Waals surface area (Å²) >= 11 is 0. The normalized spacial score (nSPS) is 10.5. The minimum Gasteiger partial charge on any atom is -0.469 e. The number of ether oxygens (including phenoxy) is 6. The zero-order valence-corrected chi connectivity index (χ0v) is 19.7. The third kappa shape index (κ3) is 8.13. The van der Waals surface area contributed by atoms with E-state index in [2.05, 4.69) is 0 Å². The quantitative estimate of drug-likeness (QED) is 0.203. The molecule has 184 valence electrons. The SMILES string of the molecule is COC(=O)Cc1cc(OCOCc2ccccc2)cc(OCOCc2ccccc2)c1C(=O)OC. The number of hydrogen-bond donors (Lipinski definition) is 0. The van der Waals surface area contributed by atoms with Gasteiger partial charge >= 0.3 is 11.9 Å². The maximum Gasteiger partial charge on any atom is 0.341 e. The first-order valence-electron chi connectivity index (χ1n) is 10.9. The summed E-state index contributed by atoms with van der Waals surface area (Å²) in [5.74, 6) is -0.681. The Hall–Kier alpha value is -3.88. The fourth-order valence-corrected chi connectivity index (χ4v) is 3.23. The molecule has 0 atom stereocenters. The van der Waals surface area contributed by atoms with Crippen LogP contribution in [0.5, 0.6) is 11.5 Å². The molecule has 0 fully saturated rings. The summed E-state index contributed by atoms with van der Waals surface area (Å²) in [6.07, 6.45) is -0.176. The van der Waals surface area contributed by atoms with Crippen LogP contribution in [0.3, 0.4) is 0 Å². The lowest BCUT2D eigenvalue weighted by molar-refractivity contribution is -0.139. The first kappa shape index (κ1) is 25.7. The molecule has 35 heavy (non-hydrogen) atoms. The van der Waals surface area contributed by atoms with Gasteiger partial charge in [0.1, 0.15) is 17.1 Å². The van der Waals surface area contributed by atoms with E-state index in [9.17, 15) is 9.59 Å². The molecule has 0 unspecified atom stereocenters. The standard InChI is InChI=1S/C27H28O8/c1-30-25(28)14-22-13-23(34-18-32-16-20-9-5-3-6-10-20)15-24(26(22)27(29)31-2)35-19-33-17-21-11-7-4-8-12-21/h3-13,15H,14,16-19H2,1-2H3.